The van der Waals surface area contributed by atoms with Gasteiger partial charge in [0, 0.05) is 12.7 Å². The molecule has 164 valence electrons. The zero-order chi connectivity index (χ0) is 23.1. The van der Waals surface area contributed by atoms with Gasteiger partial charge in [0.05, 0.1) is 28.9 Å². The second-order valence-corrected chi connectivity index (χ2v) is 10.1. The fourth-order valence-corrected chi connectivity index (χ4v) is 4.69. The van der Waals surface area contributed by atoms with Gasteiger partial charge in [-0.25, -0.2) is 18.1 Å². The number of carbonyl (C=O) groups is 1. The molecule has 0 bridgehead atoms. The van der Waals surface area contributed by atoms with Gasteiger partial charge < -0.3 is 5.32 Å². The Morgan fingerprint density at radius 3 is 2.45 bits per heavy atom. The van der Waals surface area contributed by atoms with Crippen LogP contribution < -0.4 is 15.6 Å². The smallest absolute Gasteiger partial charge is 0.277 e. The van der Waals surface area contributed by atoms with Crippen LogP contribution in [0.25, 0.3) is 10.6 Å². The summed E-state index contributed by atoms with van der Waals surface area (Å²) in [7, 11) is -1.88. The van der Waals surface area contributed by atoms with Crippen molar-refractivity contribution < 1.29 is 13.2 Å². The normalized spacial score (nSPS) is 11.4. The van der Waals surface area contributed by atoms with Crippen LogP contribution in [0.2, 0.25) is 0 Å². The van der Waals surface area contributed by atoms with Crippen LogP contribution in [0, 0.1) is 27.7 Å². The van der Waals surface area contributed by atoms with Gasteiger partial charge in [-0.1, -0.05) is 6.07 Å². The first-order valence-corrected chi connectivity index (χ1v) is 12.0. The van der Waals surface area contributed by atoms with Crippen LogP contribution in [-0.2, 0) is 17.1 Å². The molecule has 2 aromatic heterocycles. The maximum absolute atomic E-state index is 12.9. The molecular formula is C20H23N5O4S2. The van der Waals surface area contributed by atoms with E-state index in [1.807, 2.05) is 6.92 Å². The molecule has 0 aliphatic carbocycles. The largest absolute Gasteiger partial charge is 0.321 e. The topological polar surface area (TPSA) is 123 Å². The molecule has 2 heterocycles. The molecule has 2 N–H and O–H groups in total. The highest BCUT2D eigenvalue weighted by Crippen LogP contribution is 2.29. The van der Waals surface area contributed by atoms with Crippen LogP contribution >= 0.6 is 11.3 Å². The summed E-state index contributed by atoms with van der Waals surface area (Å²) in [5.74, 6) is -0.393. The number of hydrogen-bond donors (Lipinski definition) is 2. The maximum atomic E-state index is 12.9. The standard InChI is InChI=1S/C20H23N5O4S2/c1-10-7-8-14(9-15(10)24-31(6,28)29)22-18(26)17-13(4)21-19(30-17)16-11(2)12(3)23-25(5)20(16)27/h7-9,24H,1-6H3,(H,22,26). The number of aromatic nitrogens is 3. The monoisotopic (exact) mass is 461 g/mol. The molecule has 1 amide bonds. The Morgan fingerprint density at radius 1 is 1.13 bits per heavy atom. The highest BCUT2D eigenvalue weighted by atomic mass is 32.2. The summed E-state index contributed by atoms with van der Waals surface area (Å²) in [6.07, 6.45) is 1.06. The zero-order valence-electron chi connectivity index (χ0n) is 18.0. The first kappa shape index (κ1) is 22.6. The minimum atomic E-state index is -3.45. The van der Waals surface area contributed by atoms with Gasteiger partial charge in [0.1, 0.15) is 9.88 Å². The predicted octanol–water partition coefficient (Wildman–Crippen LogP) is 2.76. The summed E-state index contributed by atoms with van der Waals surface area (Å²) in [5.41, 5.74) is 3.61. The Labute approximate surface area is 184 Å². The van der Waals surface area contributed by atoms with Gasteiger partial charge in [-0.05, 0) is 51.0 Å². The molecule has 0 spiro atoms. The van der Waals surface area contributed by atoms with E-state index >= 15 is 0 Å². The summed E-state index contributed by atoms with van der Waals surface area (Å²) in [6.45, 7) is 7.08. The average Bonchev–Trinajstić information content (AvgIpc) is 3.03. The Balaban J connectivity index is 1.95. The number of rotatable bonds is 5. The third-order valence-corrected chi connectivity index (χ3v) is 6.50. The van der Waals surface area contributed by atoms with Crippen LogP contribution in [0.4, 0.5) is 11.4 Å². The van der Waals surface area contributed by atoms with Crippen molar-refractivity contribution in [2.24, 2.45) is 7.05 Å². The van der Waals surface area contributed by atoms with Crippen LogP contribution in [0.3, 0.4) is 0 Å². The molecule has 0 saturated heterocycles. The lowest BCUT2D eigenvalue weighted by Crippen LogP contribution is -2.23. The number of sulfonamides is 1. The second-order valence-electron chi connectivity index (χ2n) is 7.31. The van der Waals surface area contributed by atoms with Crippen LogP contribution in [0.1, 0.15) is 32.2 Å². The Morgan fingerprint density at radius 2 is 1.81 bits per heavy atom. The van der Waals surface area contributed by atoms with E-state index in [1.165, 1.54) is 4.68 Å². The van der Waals surface area contributed by atoms with Crippen molar-refractivity contribution in [2.45, 2.75) is 27.7 Å². The lowest BCUT2D eigenvalue weighted by atomic mass is 10.1. The number of hydrogen-bond acceptors (Lipinski definition) is 7. The van der Waals surface area contributed by atoms with Crippen molar-refractivity contribution >= 4 is 38.6 Å². The van der Waals surface area contributed by atoms with Gasteiger partial charge in [0.2, 0.25) is 10.0 Å². The van der Waals surface area contributed by atoms with Crippen LogP contribution in [0.15, 0.2) is 23.0 Å². The van der Waals surface area contributed by atoms with Crippen molar-refractivity contribution in [3.63, 3.8) is 0 Å². The zero-order valence-corrected chi connectivity index (χ0v) is 19.7. The summed E-state index contributed by atoms with van der Waals surface area (Å²) in [6, 6.07) is 4.95. The Kier molecular flexibility index (Phi) is 6.01. The summed E-state index contributed by atoms with van der Waals surface area (Å²) >= 11 is 1.13. The molecule has 3 aromatic rings. The van der Waals surface area contributed by atoms with Gasteiger partial charge in [-0.15, -0.1) is 11.3 Å². The number of nitrogens with zero attached hydrogens (tertiary/aromatic N) is 3. The number of aryl methyl sites for hydroxylation is 4. The molecule has 11 heteroatoms. The number of benzene rings is 1. The van der Waals surface area contributed by atoms with Gasteiger partial charge in [-0.3, -0.25) is 14.3 Å². The van der Waals surface area contributed by atoms with Crippen molar-refractivity contribution in [1.82, 2.24) is 14.8 Å². The van der Waals surface area contributed by atoms with Crippen molar-refractivity contribution in [2.75, 3.05) is 16.3 Å². The van der Waals surface area contributed by atoms with E-state index in [0.29, 0.717) is 38.2 Å². The Hall–Kier alpha value is -3.05. The lowest BCUT2D eigenvalue weighted by molar-refractivity contribution is 0.103. The molecule has 0 radical (unpaired) electrons. The first-order valence-electron chi connectivity index (χ1n) is 9.29. The molecule has 0 aliphatic rings. The second kappa shape index (κ2) is 8.23. The molecule has 1 aromatic carbocycles. The lowest BCUT2D eigenvalue weighted by Gasteiger charge is -2.11. The summed E-state index contributed by atoms with van der Waals surface area (Å²) in [5, 5.41) is 7.40. The van der Waals surface area contributed by atoms with Crippen molar-refractivity contribution in [3.8, 4) is 10.6 Å². The molecule has 9 nitrogen and oxygen atoms in total. The molecular weight excluding hydrogens is 438 g/mol. The molecule has 31 heavy (non-hydrogen) atoms. The van der Waals surface area contributed by atoms with E-state index in [-0.39, 0.29) is 5.56 Å². The highest BCUT2D eigenvalue weighted by Gasteiger charge is 2.21. The van der Waals surface area contributed by atoms with E-state index in [1.54, 1.807) is 46.0 Å². The number of amides is 1. The van der Waals surface area contributed by atoms with Crippen LogP contribution in [0.5, 0.6) is 0 Å². The summed E-state index contributed by atoms with van der Waals surface area (Å²) in [4.78, 5) is 30.3. The van der Waals surface area contributed by atoms with E-state index in [2.05, 4.69) is 20.1 Å². The number of carbonyl (C=O) groups excluding carboxylic acids is 1. The molecule has 0 unspecified atom stereocenters. The summed E-state index contributed by atoms with van der Waals surface area (Å²) < 4.78 is 26.8. The molecule has 0 atom stereocenters. The Bertz CT molecular complexity index is 1360. The van der Waals surface area contributed by atoms with Gasteiger partial charge in [0.25, 0.3) is 11.5 Å². The quantitative estimate of drug-likeness (QED) is 0.602. The predicted molar refractivity (Wildman–Crippen MR) is 122 cm³/mol. The number of nitrogens with one attached hydrogen (secondary N) is 2. The number of thiazole rings is 1. The van der Waals surface area contributed by atoms with Crippen LogP contribution in [-0.4, -0.2) is 35.3 Å². The van der Waals surface area contributed by atoms with Gasteiger partial charge >= 0.3 is 0 Å². The third-order valence-electron chi connectivity index (χ3n) is 4.73. The van der Waals surface area contributed by atoms with Gasteiger partial charge in [0.15, 0.2) is 0 Å². The minimum absolute atomic E-state index is 0.279. The van der Waals surface area contributed by atoms with E-state index < -0.39 is 15.9 Å². The minimum Gasteiger partial charge on any atom is -0.321 e. The average molecular weight is 462 g/mol. The molecule has 0 fully saturated rings. The van der Waals surface area contributed by atoms with Gasteiger partial charge in [-0.2, -0.15) is 5.10 Å². The highest BCUT2D eigenvalue weighted by molar-refractivity contribution is 7.92. The van der Waals surface area contributed by atoms with Crippen molar-refractivity contribution in [3.05, 3.63) is 55.9 Å². The van der Waals surface area contributed by atoms with Crippen molar-refractivity contribution in [1.29, 1.82) is 0 Å². The van der Waals surface area contributed by atoms with E-state index in [4.69, 9.17) is 0 Å². The molecule has 0 aliphatic heterocycles. The SMILES string of the molecule is Cc1ccc(NC(=O)c2sc(-c3c(C)c(C)nn(C)c3=O)nc2C)cc1NS(C)(=O)=O. The first-order chi connectivity index (χ1) is 14.4. The number of anilines is 2. The van der Waals surface area contributed by atoms with E-state index in [0.717, 1.165) is 28.7 Å². The third kappa shape index (κ3) is 4.83. The fraction of sp³-hybridized carbons (Fsp3) is 0.300. The maximum Gasteiger partial charge on any atom is 0.277 e. The fourth-order valence-electron chi connectivity index (χ4n) is 3.01. The molecule has 0 saturated carbocycles. The molecule has 3 rings (SSSR count). The van der Waals surface area contributed by atoms with E-state index in [9.17, 15) is 18.0 Å².